The standard InChI is InChI=1S/C11H15N3O4/c1-6-5-12-8(7(13-6)9(15)16)14-10(17)18-11(2,3)4/h5H,1-4H3,(H,15,16)(H,12,14,17). The van der Waals surface area contributed by atoms with Crippen LogP contribution >= 0.6 is 0 Å². The number of amides is 1. The third-order valence-corrected chi connectivity index (χ3v) is 1.71. The molecule has 0 aliphatic carbocycles. The van der Waals surface area contributed by atoms with E-state index in [1.54, 1.807) is 27.7 Å². The molecule has 7 heteroatoms. The fourth-order valence-electron chi connectivity index (χ4n) is 1.12. The molecule has 0 radical (unpaired) electrons. The molecule has 0 fully saturated rings. The van der Waals surface area contributed by atoms with Crippen molar-refractivity contribution in [1.29, 1.82) is 0 Å². The lowest BCUT2D eigenvalue weighted by molar-refractivity contribution is 0.0635. The Morgan fingerprint density at radius 2 is 2.00 bits per heavy atom. The summed E-state index contributed by atoms with van der Waals surface area (Å²) in [6.45, 7) is 6.71. The third-order valence-electron chi connectivity index (χ3n) is 1.71. The second-order valence-electron chi connectivity index (χ2n) is 4.64. The summed E-state index contributed by atoms with van der Waals surface area (Å²) in [5.41, 5.74) is -0.547. The van der Waals surface area contributed by atoms with Gasteiger partial charge < -0.3 is 9.84 Å². The quantitative estimate of drug-likeness (QED) is 0.833. The van der Waals surface area contributed by atoms with Crippen molar-refractivity contribution in [3.8, 4) is 0 Å². The maximum absolute atomic E-state index is 11.5. The number of aromatic carboxylic acids is 1. The van der Waals surface area contributed by atoms with E-state index in [0.717, 1.165) is 0 Å². The highest BCUT2D eigenvalue weighted by molar-refractivity contribution is 5.95. The molecule has 1 aromatic rings. The zero-order chi connectivity index (χ0) is 13.9. The second-order valence-corrected chi connectivity index (χ2v) is 4.64. The highest BCUT2D eigenvalue weighted by Crippen LogP contribution is 2.13. The van der Waals surface area contributed by atoms with Crippen LogP contribution in [0, 0.1) is 6.92 Å². The van der Waals surface area contributed by atoms with Gasteiger partial charge in [0.05, 0.1) is 11.9 Å². The van der Waals surface area contributed by atoms with Gasteiger partial charge in [0.1, 0.15) is 5.60 Å². The molecule has 2 N–H and O–H groups in total. The zero-order valence-corrected chi connectivity index (χ0v) is 10.6. The van der Waals surface area contributed by atoms with Gasteiger partial charge >= 0.3 is 12.1 Å². The topological polar surface area (TPSA) is 101 Å². The maximum atomic E-state index is 11.5. The van der Waals surface area contributed by atoms with E-state index in [-0.39, 0.29) is 11.5 Å². The monoisotopic (exact) mass is 253 g/mol. The van der Waals surface area contributed by atoms with Crippen LogP contribution in [0.15, 0.2) is 6.20 Å². The van der Waals surface area contributed by atoms with Crippen molar-refractivity contribution < 1.29 is 19.4 Å². The summed E-state index contributed by atoms with van der Waals surface area (Å²) < 4.78 is 5.00. The Kier molecular flexibility index (Phi) is 3.85. The van der Waals surface area contributed by atoms with Crippen LogP contribution in [0.2, 0.25) is 0 Å². The van der Waals surface area contributed by atoms with Gasteiger partial charge in [-0.3, -0.25) is 5.32 Å². The molecule has 0 aromatic carbocycles. The molecule has 0 aliphatic heterocycles. The summed E-state index contributed by atoms with van der Waals surface area (Å²) in [6, 6.07) is 0. The van der Waals surface area contributed by atoms with Crippen LogP contribution in [-0.4, -0.2) is 32.7 Å². The Morgan fingerprint density at radius 3 is 2.50 bits per heavy atom. The second kappa shape index (κ2) is 4.99. The Labute approximate surface area is 104 Å². The lowest BCUT2D eigenvalue weighted by Gasteiger charge is -2.19. The molecule has 18 heavy (non-hydrogen) atoms. The van der Waals surface area contributed by atoms with E-state index in [4.69, 9.17) is 9.84 Å². The molecule has 0 saturated carbocycles. The number of rotatable bonds is 2. The molecule has 0 spiro atoms. The smallest absolute Gasteiger partial charge is 0.413 e. The molecular weight excluding hydrogens is 238 g/mol. The highest BCUT2D eigenvalue weighted by Gasteiger charge is 2.20. The molecule has 0 unspecified atom stereocenters. The predicted molar refractivity (Wildman–Crippen MR) is 63.6 cm³/mol. The van der Waals surface area contributed by atoms with Crippen molar-refractivity contribution >= 4 is 17.9 Å². The molecular formula is C11H15N3O4. The number of nitrogens with one attached hydrogen (secondary N) is 1. The number of carboxylic acid groups (broad SMARTS) is 1. The summed E-state index contributed by atoms with van der Waals surface area (Å²) in [6.07, 6.45) is 0.585. The summed E-state index contributed by atoms with van der Waals surface area (Å²) in [4.78, 5) is 30.0. The average molecular weight is 253 g/mol. The molecule has 0 bridgehead atoms. The summed E-state index contributed by atoms with van der Waals surface area (Å²) >= 11 is 0. The number of anilines is 1. The van der Waals surface area contributed by atoms with Crippen LogP contribution in [0.3, 0.4) is 0 Å². The van der Waals surface area contributed by atoms with E-state index >= 15 is 0 Å². The van der Waals surface area contributed by atoms with Gasteiger partial charge in [-0.05, 0) is 27.7 Å². The van der Waals surface area contributed by atoms with Gasteiger partial charge in [-0.1, -0.05) is 0 Å². The number of carbonyl (C=O) groups is 2. The first-order chi connectivity index (χ1) is 8.19. The first-order valence-corrected chi connectivity index (χ1v) is 5.26. The fraction of sp³-hybridized carbons (Fsp3) is 0.455. The first kappa shape index (κ1) is 13.9. The Balaban J connectivity index is 2.91. The predicted octanol–water partition coefficient (Wildman–Crippen LogP) is 1.83. The van der Waals surface area contributed by atoms with Gasteiger partial charge in [0, 0.05) is 0 Å². The Morgan fingerprint density at radius 1 is 1.39 bits per heavy atom. The van der Waals surface area contributed by atoms with E-state index in [0.29, 0.717) is 5.69 Å². The van der Waals surface area contributed by atoms with Crippen molar-refractivity contribution in [2.24, 2.45) is 0 Å². The average Bonchev–Trinajstić information content (AvgIpc) is 2.17. The van der Waals surface area contributed by atoms with E-state index in [1.807, 2.05) is 0 Å². The fourth-order valence-corrected chi connectivity index (χ4v) is 1.12. The zero-order valence-electron chi connectivity index (χ0n) is 10.6. The van der Waals surface area contributed by atoms with Crippen molar-refractivity contribution in [3.05, 3.63) is 17.6 Å². The molecule has 0 aliphatic rings. The molecule has 1 amide bonds. The van der Waals surface area contributed by atoms with Crippen molar-refractivity contribution in [1.82, 2.24) is 9.97 Å². The number of aryl methyl sites for hydroxylation is 1. The number of aromatic nitrogens is 2. The van der Waals surface area contributed by atoms with Gasteiger partial charge in [0.25, 0.3) is 0 Å². The van der Waals surface area contributed by atoms with Crippen molar-refractivity contribution in [3.63, 3.8) is 0 Å². The van der Waals surface area contributed by atoms with Crippen LogP contribution in [0.25, 0.3) is 0 Å². The van der Waals surface area contributed by atoms with Crippen LogP contribution in [0.1, 0.15) is 37.0 Å². The number of hydrogen-bond donors (Lipinski definition) is 2. The van der Waals surface area contributed by atoms with E-state index in [9.17, 15) is 9.59 Å². The summed E-state index contributed by atoms with van der Waals surface area (Å²) in [7, 11) is 0. The van der Waals surface area contributed by atoms with Crippen LogP contribution in [-0.2, 0) is 4.74 Å². The van der Waals surface area contributed by atoms with Crippen LogP contribution in [0.4, 0.5) is 10.6 Å². The number of carbonyl (C=O) groups excluding carboxylic acids is 1. The Hall–Kier alpha value is -2.18. The van der Waals surface area contributed by atoms with Gasteiger partial charge in [0.2, 0.25) is 0 Å². The lowest BCUT2D eigenvalue weighted by atomic mass is 10.2. The molecule has 7 nitrogen and oxygen atoms in total. The van der Waals surface area contributed by atoms with Crippen LogP contribution in [0.5, 0.6) is 0 Å². The number of hydrogen-bond acceptors (Lipinski definition) is 5. The first-order valence-electron chi connectivity index (χ1n) is 5.26. The van der Waals surface area contributed by atoms with Crippen molar-refractivity contribution in [2.75, 3.05) is 5.32 Å². The minimum absolute atomic E-state index is 0.137. The van der Waals surface area contributed by atoms with Crippen molar-refractivity contribution in [2.45, 2.75) is 33.3 Å². The lowest BCUT2D eigenvalue weighted by Crippen LogP contribution is -2.28. The van der Waals surface area contributed by atoms with E-state index in [1.165, 1.54) is 6.20 Å². The number of ether oxygens (including phenoxy) is 1. The van der Waals surface area contributed by atoms with Gasteiger partial charge in [0.15, 0.2) is 11.5 Å². The maximum Gasteiger partial charge on any atom is 0.413 e. The van der Waals surface area contributed by atoms with E-state index in [2.05, 4.69) is 15.3 Å². The van der Waals surface area contributed by atoms with Gasteiger partial charge in [-0.25, -0.2) is 19.6 Å². The highest BCUT2D eigenvalue weighted by atomic mass is 16.6. The van der Waals surface area contributed by atoms with Gasteiger partial charge in [-0.15, -0.1) is 0 Å². The normalized spacial score (nSPS) is 10.9. The molecule has 98 valence electrons. The van der Waals surface area contributed by atoms with E-state index < -0.39 is 17.7 Å². The largest absolute Gasteiger partial charge is 0.476 e. The SMILES string of the molecule is Cc1cnc(NC(=O)OC(C)(C)C)c(C(=O)O)n1. The summed E-state index contributed by atoms with van der Waals surface area (Å²) in [5.74, 6) is -1.40. The van der Waals surface area contributed by atoms with Crippen LogP contribution < -0.4 is 5.32 Å². The minimum atomic E-state index is -1.27. The number of nitrogens with zero attached hydrogens (tertiary/aromatic N) is 2. The molecule has 1 rings (SSSR count). The molecule has 1 aromatic heterocycles. The summed E-state index contributed by atoms with van der Waals surface area (Å²) in [5, 5.41) is 11.2. The third kappa shape index (κ3) is 4.00. The Bertz CT molecular complexity index is 480. The molecule has 1 heterocycles. The van der Waals surface area contributed by atoms with Gasteiger partial charge in [-0.2, -0.15) is 0 Å². The minimum Gasteiger partial charge on any atom is -0.476 e. The molecule has 0 saturated heterocycles. The molecule has 0 atom stereocenters. The number of carboxylic acids is 1.